The molecule has 4 heterocycles. The van der Waals surface area contributed by atoms with Gasteiger partial charge in [0.05, 0.1) is 34.0 Å². The lowest BCUT2D eigenvalue weighted by Gasteiger charge is -2.08. The van der Waals surface area contributed by atoms with E-state index in [2.05, 4.69) is 66.3 Å². The molecule has 0 radical (unpaired) electrons. The van der Waals surface area contributed by atoms with Crippen LogP contribution >= 0.6 is 11.3 Å². The molecule has 0 spiro atoms. The number of aromatic nitrogens is 6. The largest absolute Gasteiger partial charge is 0.377 e. The van der Waals surface area contributed by atoms with Gasteiger partial charge in [-0.3, -0.25) is 4.57 Å². The van der Waals surface area contributed by atoms with Crippen LogP contribution in [0.3, 0.4) is 0 Å². The van der Waals surface area contributed by atoms with E-state index in [4.69, 9.17) is 4.74 Å². The number of imidazole rings is 1. The minimum Gasteiger partial charge on any atom is -0.377 e. The molecule has 0 N–H and O–H groups in total. The number of aryl methyl sites for hydroxylation is 2. The van der Waals surface area contributed by atoms with E-state index < -0.39 is 0 Å². The number of fused-ring (bicyclic) bond motifs is 5. The maximum atomic E-state index is 5.33. The van der Waals surface area contributed by atoms with Crippen LogP contribution in [0.2, 0.25) is 0 Å². The van der Waals surface area contributed by atoms with Crippen LogP contribution in [0.15, 0.2) is 30.7 Å². The van der Waals surface area contributed by atoms with Crippen LogP contribution < -0.4 is 0 Å². The first-order valence-electron chi connectivity index (χ1n) is 9.17. The first kappa shape index (κ1) is 17.8. The minimum atomic E-state index is 0.392. The van der Waals surface area contributed by atoms with E-state index in [9.17, 15) is 0 Å². The fraction of sp³-hybridized carbons (Fsp3) is 0.238. The summed E-state index contributed by atoms with van der Waals surface area (Å²) in [7, 11) is 1.66. The normalized spacial score (nSPS) is 11.8. The lowest BCUT2D eigenvalue weighted by Crippen LogP contribution is -2.09. The van der Waals surface area contributed by atoms with Crippen LogP contribution in [0.1, 0.15) is 32.7 Å². The molecule has 0 unspecified atom stereocenters. The van der Waals surface area contributed by atoms with E-state index >= 15 is 0 Å². The van der Waals surface area contributed by atoms with Crippen molar-refractivity contribution in [3.05, 3.63) is 63.4 Å². The summed E-state index contributed by atoms with van der Waals surface area (Å²) >= 11 is 1.58. The Morgan fingerprint density at radius 1 is 1.17 bits per heavy atom. The number of nitrogens with zero attached hydrogens (tertiary/aromatic N) is 6. The number of ether oxygens (including phenoxy) is 1. The van der Waals surface area contributed by atoms with Gasteiger partial charge in [-0.05, 0) is 37.8 Å². The molecule has 0 fully saturated rings. The predicted molar refractivity (Wildman–Crippen MR) is 110 cm³/mol. The van der Waals surface area contributed by atoms with Crippen molar-refractivity contribution in [2.24, 2.45) is 0 Å². The monoisotopic (exact) mass is 402 g/mol. The van der Waals surface area contributed by atoms with Crippen LogP contribution in [0.5, 0.6) is 0 Å². The zero-order chi connectivity index (χ0) is 20.0. The molecule has 4 aromatic rings. The topological polar surface area (TPSA) is 70.7 Å². The highest BCUT2D eigenvalue weighted by Gasteiger charge is 2.25. The summed E-state index contributed by atoms with van der Waals surface area (Å²) < 4.78 is 9.52. The Labute approximate surface area is 172 Å². The number of rotatable bonds is 2. The summed E-state index contributed by atoms with van der Waals surface area (Å²) in [6.07, 6.45) is 3.63. The van der Waals surface area contributed by atoms with E-state index in [0.29, 0.717) is 13.2 Å². The third-order valence-electron chi connectivity index (χ3n) is 4.85. The van der Waals surface area contributed by atoms with Crippen LogP contribution in [0, 0.1) is 25.7 Å². The highest BCUT2D eigenvalue weighted by molar-refractivity contribution is 7.12. The number of hydrogen-bond acceptors (Lipinski definition) is 6. The van der Waals surface area contributed by atoms with Gasteiger partial charge in [0.2, 0.25) is 0 Å². The highest BCUT2D eigenvalue weighted by atomic mass is 32.1. The Kier molecular flexibility index (Phi) is 4.27. The molecule has 0 atom stereocenters. The van der Waals surface area contributed by atoms with Gasteiger partial charge in [-0.15, -0.1) is 21.5 Å². The van der Waals surface area contributed by atoms with Crippen molar-refractivity contribution in [3.8, 4) is 28.9 Å². The SMILES string of the molecule is COCc1nnc2n1Cc1c(C#Cc3cnc(C)s3)ncn1-c1ccc(C)cc1-2. The van der Waals surface area contributed by atoms with E-state index in [1.807, 2.05) is 13.3 Å². The van der Waals surface area contributed by atoms with Crippen molar-refractivity contribution in [2.45, 2.75) is 27.0 Å². The van der Waals surface area contributed by atoms with Crippen molar-refractivity contribution >= 4 is 11.3 Å². The Morgan fingerprint density at radius 2 is 2.07 bits per heavy atom. The molecule has 0 aliphatic carbocycles. The summed E-state index contributed by atoms with van der Waals surface area (Å²) in [6.45, 7) is 5.01. The van der Waals surface area contributed by atoms with E-state index in [0.717, 1.165) is 49.7 Å². The minimum absolute atomic E-state index is 0.392. The Morgan fingerprint density at radius 3 is 2.86 bits per heavy atom. The standard InChI is InChI=1S/C21H18N6OS/c1-13-4-7-18-16(8-13)21-25-24-20(11-28-3)26(21)10-19-17(23-12-27(18)19)6-5-15-9-22-14(2)29-15/h4,7-9,12H,10-11H2,1-3H3. The van der Waals surface area contributed by atoms with Crippen molar-refractivity contribution in [1.82, 2.24) is 29.3 Å². The molecular formula is C21H18N6OS. The molecule has 0 bridgehead atoms. The molecule has 144 valence electrons. The van der Waals surface area contributed by atoms with Crippen molar-refractivity contribution < 1.29 is 4.74 Å². The molecule has 1 aliphatic rings. The number of benzene rings is 1. The molecule has 0 saturated carbocycles. The second-order valence-electron chi connectivity index (χ2n) is 6.88. The summed E-state index contributed by atoms with van der Waals surface area (Å²) in [4.78, 5) is 9.80. The second-order valence-corrected chi connectivity index (χ2v) is 8.12. The van der Waals surface area contributed by atoms with E-state index in [-0.39, 0.29) is 0 Å². The molecule has 1 aliphatic heterocycles. The molecule has 0 saturated heterocycles. The number of hydrogen-bond donors (Lipinski definition) is 0. The highest BCUT2D eigenvalue weighted by Crippen LogP contribution is 2.33. The number of thiazole rings is 1. The quantitative estimate of drug-likeness (QED) is 0.424. The van der Waals surface area contributed by atoms with Crippen molar-refractivity contribution in [3.63, 3.8) is 0 Å². The second kappa shape index (κ2) is 6.95. The third-order valence-corrected chi connectivity index (χ3v) is 5.68. The summed E-state index contributed by atoms with van der Waals surface area (Å²) in [5.74, 6) is 8.03. The maximum absolute atomic E-state index is 5.33. The Bertz CT molecular complexity index is 1290. The van der Waals surface area contributed by atoms with Gasteiger partial charge in [-0.2, -0.15) is 0 Å². The van der Waals surface area contributed by atoms with Gasteiger partial charge in [0.1, 0.15) is 18.6 Å². The van der Waals surface area contributed by atoms with Crippen LogP contribution in [-0.4, -0.2) is 36.4 Å². The first-order valence-corrected chi connectivity index (χ1v) is 9.99. The van der Waals surface area contributed by atoms with Gasteiger partial charge >= 0.3 is 0 Å². The average Bonchev–Trinajstić information content (AvgIpc) is 3.39. The molecule has 5 rings (SSSR count). The summed E-state index contributed by atoms with van der Waals surface area (Å²) in [5.41, 5.74) is 4.95. The Balaban J connectivity index is 1.69. The average molecular weight is 402 g/mol. The van der Waals surface area contributed by atoms with Crippen LogP contribution in [0.25, 0.3) is 17.1 Å². The molecule has 1 aromatic carbocycles. The third kappa shape index (κ3) is 3.05. The summed E-state index contributed by atoms with van der Waals surface area (Å²) in [6, 6.07) is 6.32. The fourth-order valence-corrected chi connectivity index (χ4v) is 4.13. The summed E-state index contributed by atoms with van der Waals surface area (Å²) in [5, 5.41) is 9.82. The first-order chi connectivity index (χ1) is 14.1. The smallest absolute Gasteiger partial charge is 0.166 e. The maximum Gasteiger partial charge on any atom is 0.166 e. The molecule has 3 aromatic heterocycles. The molecular weight excluding hydrogens is 384 g/mol. The zero-order valence-corrected chi connectivity index (χ0v) is 17.1. The van der Waals surface area contributed by atoms with Gasteiger partial charge in [0, 0.05) is 12.7 Å². The number of methoxy groups -OCH3 is 1. The molecule has 0 amide bonds. The van der Waals surface area contributed by atoms with Gasteiger partial charge in [0.15, 0.2) is 11.6 Å². The predicted octanol–water partition coefficient (Wildman–Crippen LogP) is 3.11. The van der Waals surface area contributed by atoms with Gasteiger partial charge in [-0.1, -0.05) is 11.6 Å². The lowest BCUT2D eigenvalue weighted by molar-refractivity contribution is 0.174. The van der Waals surface area contributed by atoms with Crippen molar-refractivity contribution in [1.29, 1.82) is 0 Å². The fourth-order valence-electron chi connectivity index (χ4n) is 3.50. The van der Waals surface area contributed by atoms with Crippen LogP contribution in [0.4, 0.5) is 0 Å². The van der Waals surface area contributed by atoms with E-state index in [1.54, 1.807) is 24.6 Å². The van der Waals surface area contributed by atoms with Gasteiger partial charge in [-0.25, -0.2) is 9.97 Å². The van der Waals surface area contributed by atoms with Gasteiger partial charge < -0.3 is 9.30 Å². The van der Waals surface area contributed by atoms with Gasteiger partial charge in [0.25, 0.3) is 0 Å². The molecule has 29 heavy (non-hydrogen) atoms. The molecule has 7 nitrogen and oxygen atoms in total. The lowest BCUT2D eigenvalue weighted by atomic mass is 10.1. The van der Waals surface area contributed by atoms with Crippen molar-refractivity contribution in [2.75, 3.05) is 7.11 Å². The van der Waals surface area contributed by atoms with E-state index in [1.165, 1.54) is 0 Å². The molecule has 8 heteroatoms. The Hall–Kier alpha value is -3.28. The zero-order valence-electron chi connectivity index (χ0n) is 16.3. The van der Waals surface area contributed by atoms with Crippen LogP contribution in [-0.2, 0) is 17.9 Å².